The summed E-state index contributed by atoms with van der Waals surface area (Å²) in [7, 11) is 3.25. The summed E-state index contributed by atoms with van der Waals surface area (Å²) in [6.45, 7) is 9.80. The minimum Gasteiger partial charge on any atom is -0.493 e. The van der Waals surface area contributed by atoms with Crippen LogP contribution in [0.5, 0.6) is 17.2 Å². The summed E-state index contributed by atoms with van der Waals surface area (Å²) < 4.78 is 22.1. The van der Waals surface area contributed by atoms with E-state index in [0.717, 1.165) is 25.0 Å². The van der Waals surface area contributed by atoms with Crippen molar-refractivity contribution in [3.8, 4) is 17.2 Å². The Morgan fingerprint density at radius 2 is 1.58 bits per heavy atom. The molecule has 5 heteroatoms. The van der Waals surface area contributed by atoms with Crippen molar-refractivity contribution in [2.45, 2.75) is 20.3 Å². The predicted octanol–water partition coefficient (Wildman–Crippen LogP) is 3.08. The van der Waals surface area contributed by atoms with Crippen LogP contribution in [0.1, 0.15) is 20.3 Å². The number of ether oxygens (including phenoxy) is 4. The van der Waals surface area contributed by atoms with Gasteiger partial charge in [-0.05, 0) is 30.4 Å². The molecule has 1 aliphatic heterocycles. The van der Waals surface area contributed by atoms with Crippen molar-refractivity contribution in [1.82, 2.24) is 4.90 Å². The molecule has 1 saturated heterocycles. The van der Waals surface area contributed by atoms with Crippen molar-refractivity contribution in [2.75, 3.05) is 53.7 Å². The van der Waals surface area contributed by atoms with Crippen molar-refractivity contribution >= 4 is 0 Å². The number of hydrogen-bond donors (Lipinski definition) is 0. The van der Waals surface area contributed by atoms with E-state index < -0.39 is 0 Å². The zero-order chi connectivity index (χ0) is 17.4. The Balaban J connectivity index is 1.67. The Morgan fingerprint density at radius 3 is 2.17 bits per heavy atom. The smallest absolute Gasteiger partial charge is 0.203 e. The zero-order valence-corrected chi connectivity index (χ0v) is 15.4. The number of nitrogens with zero attached hydrogens (tertiary/aromatic N) is 1. The molecular formula is C19H31NO4. The van der Waals surface area contributed by atoms with Crippen LogP contribution in [-0.2, 0) is 4.74 Å². The van der Waals surface area contributed by atoms with Gasteiger partial charge in [0.2, 0.25) is 5.75 Å². The molecule has 0 aliphatic carbocycles. The maximum atomic E-state index is 5.79. The van der Waals surface area contributed by atoms with Crippen LogP contribution < -0.4 is 14.2 Å². The van der Waals surface area contributed by atoms with Gasteiger partial charge in [-0.1, -0.05) is 19.9 Å². The van der Waals surface area contributed by atoms with Crippen LogP contribution >= 0.6 is 0 Å². The van der Waals surface area contributed by atoms with Gasteiger partial charge in [0.15, 0.2) is 11.5 Å². The van der Waals surface area contributed by atoms with E-state index >= 15 is 0 Å². The van der Waals surface area contributed by atoms with Crippen LogP contribution in [0.3, 0.4) is 0 Å². The third-order valence-corrected chi connectivity index (χ3v) is 4.35. The second-order valence-electron chi connectivity index (χ2n) is 6.66. The van der Waals surface area contributed by atoms with Crippen molar-refractivity contribution in [3.63, 3.8) is 0 Å². The third-order valence-electron chi connectivity index (χ3n) is 4.35. The van der Waals surface area contributed by atoms with Gasteiger partial charge in [-0.2, -0.15) is 0 Å². The molecule has 136 valence electrons. The molecule has 1 fully saturated rings. The fourth-order valence-corrected chi connectivity index (χ4v) is 3.43. The van der Waals surface area contributed by atoms with E-state index in [1.54, 1.807) is 14.2 Å². The maximum absolute atomic E-state index is 5.79. The average molecular weight is 337 g/mol. The van der Waals surface area contributed by atoms with Crippen molar-refractivity contribution < 1.29 is 18.9 Å². The molecule has 0 bridgehead atoms. The van der Waals surface area contributed by atoms with E-state index in [-0.39, 0.29) is 0 Å². The van der Waals surface area contributed by atoms with Crippen LogP contribution in [-0.4, -0.2) is 58.6 Å². The highest BCUT2D eigenvalue weighted by molar-refractivity contribution is 5.51. The van der Waals surface area contributed by atoms with Crippen molar-refractivity contribution in [2.24, 2.45) is 11.8 Å². The topological polar surface area (TPSA) is 40.2 Å². The Kier molecular flexibility index (Phi) is 7.66. The van der Waals surface area contributed by atoms with E-state index in [1.807, 2.05) is 18.2 Å². The molecule has 2 rings (SSSR count). The van der Waals surface area contributed by atoms with E-state index in [2.05, 4.69) is 18.7 Å². The van der Waals surface area contributed by atoms with E-state index in [1.165, 1.54) is 19.5 Å². The Bertz CT molecular complexity index is 462. The van der Waals surface area contributed by atoms with Gasteiger partial charge in [0.05, 0.1) is 27.4 Å². The number of para-hydroxylation sites is 1. The summed E-state index contributed by atoms with van der Waals surface area (Å²) in [4.78, 5) is 2.50. The maximum Gasteiger partial charge on any atom is 0.203 e. The lowest BCUT2D eigenvalue weighted by molar-refractivity contribution is 0.0587. The Morgan fingerprint density at radius 1 is 0.958 bits per heavy atom. The van der Waals surface area contributed by atoms with Gasteiger partial charge >= 0.3 is 0 Å². The number of benzene rings is 1. The molecule has 1 aromatic carbocycles. The molecule has 1 heterocycles. The fraction of sp³-hybridized carbons (Fsp3) is 0.684. The number of piperidine rings is 1. The summed E-state index contributed by atoms with van der Waals surface area (Å²) in [5, 5.41) is 0. The molecule has 24 heavy (non-hydrogen) atoms. The van der Waals surface area contributed by atoms with Gasteiger partial charge in [-0.25, -0.2) is 0 Å². The van der Waals surface area contributed by atoms with Crippen LogP contribution in [0, 0.1) is 11.8 Å². The van der Waals surface area contributed by atoms with Gasteiger partial charge in [-0.3, -0.25) is 0 Å². The fourth-order valence-electron chi connectivity index (χ4n) is 3.43. The minimum atomic E-state index is 0.476. The van der Waals surface area contributed by atoms with E-state index in [0.29, 0.717) is 30.5 Å². The number of likely N-dealkylation sites (tertiary alicyclic amines) is 1. The zero-order valence-electron chi connectivity index (χ0n) is 15.4. The summed E-state index contributed by atoms with van der Waals surface area (Å²) >= 11 is 0. The molecule has 0 N–H and O–H groups in total. The molecule has 0 saturated carbocycles. The third kappa shape index (κ3) is 5.56. The minimum absolute atomic E-state index is 0.476. The second kappa shape index (κ2) is 9.74. The summed E-state index contributed by atoms with van der Waals surface area (Å²) in [5.74, 6) is 3.55. The standard InChI is InChI=1S/C19H31NO4/c1-15-12-16(2)14-20(13-15)8-9-23-10-11-24-19-17(21-3)6-5-7-18(19)22-4/h5-7,15-16H,8-14H2,1-4H3. The number of rotatable bonds is 9. The molecular weight excluding hydrogens is 306 g/mol. The van der Waals surface area contributed by atoms with Gasteiger partial charge in [0, 0.05) is 19.6 Å². The highest BCUT2D eigenvalue weighted by Gasteiger charge is 2.21. The van der Waals surface area contributed by atoms with Crippen molar-refractivity contribution in [3.05, 3.63) is 18.2 Å². The first kappa shape index (κ1) is 18.9. The molecule has 0 amide bonds. The lowest BCUT2D eigenvalue weighted by atomic mass is 9.92. The van der Waals surface area contributed by atoms with Crippen molar-refractivity contribution in [1.29, 1.82) is 0 Å². The molecule has 5 nitrogen and oxygen atoms in total. The van der Waals surface area contributed by atoms with Crippen LogP contribution in [0.15, 0.2) is 18.2 Å². The molecule has 2 unspecified atom stereocenters. The molecule has 1 aromatic rings. The van der Waals surface area contributed by atoms with E-state index in [4.69, 9.17) is 18.9 Å². The van der Waals surface area contributed by atoms with Gasteiger partial charge in [0.1, 0.15) is 6.61 Å². The lowest BCUT2D eigenvalue weighted by Gasteiger charge is -2.34. The Hall–Kier alpha value is -1.46. The first-order chi connectivity index (χ1) is 11.6. The SMILES string of the molecule is COc1cccc(OC)c1OCCOCCN1CC(C)CC(C)C1. The monoisotopic (exact) mass is 337 g/mol. The highest BCUT2D eigenvalue weighted by atomic mass is 16.6. The van der Waals surface area contributed by atoms with Gasteiger partial charge in [-0.15, -0.1) is 0 Å². The van der Waals surface area contributed by atoms with Crippen LogP contribution in [0.25, 0.3) is 0 Å². The molecule has 2 atom stereocenters. The van der Waals surface area contributed by atoms with Gasteiger partial charge < -0.3 is 23.8 Å². The summed E-state index contributed by atoms with van der Waals surface area (Å²) in [5.41, 5.74) is 0. The van der Waals surface area contributed by atoms with E-state index in [9.17, 15) is 0 Å². The summed E-state index contributed by atoms with van der Waals surface area (Å²) in [6.07, 6.45) is 1.34. The molecule has 0 aromatic heterocycles. The highest BCUT2D eigenvalue weighted by Crippen LogP contribution is 2.36. The first-order valence-electron chi connectivity index (χ1n) is 8.78. The second-order valence-corrected chi connectivity index (χ2v) is 6.66. The molecule has 0 spiro atoms. The van der Waals surface area contributed by atoms with Gasteiger partial charge in [0.25, 0.3) is 0 Å². The normalized spacial score (nSPS) is 21.5. The summed E-state index contributed by atoms with van der Waals surface area (Å²) in [6, 6.07) is 5.59. The van der Waals surface area contributed by atoms with Crippen LogP contribution in [0.2, 0.25) is 0 Å². The first-order valence-corrected chi connectivity index (χ1v) is 8.78. The largest absolute Gasteiger partial charge is 0.493 e. The quantitative estimate of drug-likeness (QED) is 0.648. The molecule has 0 radical (unpaired) electrons. The number of methoxy groups -OCH3 is 2. The molecule has 1 aliphatic rings. The Labute approximate surface area is 145 Å². The van der Waals surface area contributed by atoms with Crippen LogP contribution in [0.4, 0.5) is 0 Å². The average Bonchev–Trinajstić information content (AvgIpc) is 2.56. The number of hydrogen-bond acceptors (Lipinski definition) is 5. The lowest BCUT2D eigenvalue weighted by Crippen LogP contribution is -2.40. The predicted molar refractivity (Wildman–Crippen MR) is 95.2 cm³/mol.